The van der Waals surface area contributed by atoms with Crippen LogP contribution in [0, 0.1) is 5.92 Å². The second kappa shape index (κ2) is 15.6. The lowest BCUT2D eigenvalue weighted by atomic mass is 10.1. The molecule has 0 saturated carbocycles. The fourth-order valence-electron chi connectivity index (χ4n) is 2.76. The van der Waals surface area contributed by atoms with E-state index in [-0.39, 0.29) is 24.4 Å². The van der Waals surface area contributed by atoms with E-state index < -0.39 is 6.67 Å². The Morgan fingerprint density at radius 2 is 2.00 bits per heavy atom. The number of nitrogens with one attached hydrogen (secondary N) is 2. The van der Waals surface area contributed by atoms with E-state index in [0.717, 1.165) is 51.6 Å². The van der Waals surface area contributed by atoms with Gasteiger partial charge < -0.3 is 15.5 Å². The Kier molecular flexibility index (Phi) is 14.6. The number of amides is 3. The maximum Gasteiger partial charge on any atom is 0.242 e. The molecule has 0 aromatic carbocycles. The van der Waals surface area contributed by atoms with Gasteiger partial charge in [-0.2, -0.15) is 0 Å². The summed E-state index contributed by atoms with van der Waals surface area (Å²) in [6, 6.07) is -0.224. The van der Waals surface area contributed by atoms with Crippen LogP contribution < -0.4 is 10.6 Å². The van der Waals surface area contributed by atoms with E-state index in [9.17, 15) is 18.8 Å². The predicted octanol–water partition coefficient (Wildman–Crippen LogP) is 2.42. The Morgan fingerprint density at radius 3 is 2.54 bits per heavy atom. The van der Waals surface area contributed by atoms with Crippen molar-refractivity contribution in [3.63, 3.8) is 0 Å². The van der Waals surface area contributed by atoms with Crippen LogP contribution >= 0.6 is 0 Å². The lowest BCUT2D eigenvalue weighted by Crippen LogP contribution is -2.46. The molecule has 2 N–H and O–H groups in total. The number of hydrogen-bond acceptors (Lipinski definition) is 3. The van der Waals surface area contributed by atoms with Crippen molar-refractivity contribution in [2.24, 2.45) is 5.92 Å². The zero-order valence-corrected chi connectivity index (χ0v) is 16.6. The summed E-state index contributed by atoms with van der Waals surface area (Å²) in [6.45, 7) is 7.55. The van der Waals surface area contributed by atoms with Gasteiger partial charge >= 0.3 is 0 Å². The molecule has 6 nitrogen and oxygen atoms in total. The molecule has 7 heteroatoms. The normalized spacial score (nSPS) is 16.0. The van der Waals surface area contributed by atoms with Gasteiger partial charge in [0.1, 0.15) is 12.7 Å². The van der Waals surface area contributed by atoms with Gasteiger partial charge in [0.05, 0.1) is 0 Å². The summed E-state index contributed by atoms with van der Waals surface area (Å²) in [5.41, 5.74) is 0. The standard InChI is InChI=1S/C16H30N2O2.C3H6FNO/c1-4-5-11-17-16(20)14-9-7-12-18(14)15(19)10-6-8-13(2)3;4-1-2-5-3-6/h13-14H,4-12H2,1-3H3,(H,17,20);3H,1-2H2,(H,5,6). The molecule has 152 valence electrons. The Morgan fingerprint density at radius 1 is 1.27 bits per heavy atom. The average molecular weight is 374 g/mol. The fourth-order valence-corrected chi connectivity index (χ4v) is 2.76. The van der Waals surface area contributed by atoms with Crippen LogP contribution in [0.2, 0.25) is 0 Å². The SMILES string of the molecule is CCCCNC(=O)C1CCCN1C(=O)CCCC(C)C.O=CNCCF. The Balaban J connectivity index is 0.000000896. The number of halogens is 1. The number of hydrogen-bond donors (Lipinski definition) is 2. The molecule has 0 spiro atoms. The first kappa shape index (κ1) is 24.3. The molecular formula is C19H36FN3O3. The van der Waals surface area contributed by atoms with Gasteiger partial charge in [-0.05, 0) is 31.6 Å². The lowest BCUT2D eigenvalue weighted by Gasteiger charge is -2.24. The molecule has 26 heavy (non-hydrogen) atoms. The van der Waals surface area contributed by atoms with Crippen molar-refractivity contribution in [1.82, 2.24) is 15.5 Å². The molecule has 1 unspecified atom stereocenters. The number of likely N-dealkylation sites (tertiary alicyclic amines) is 1. The molecule has 1 saturated heterocycles. The van der Waals surface area contributed by atoms with Crippen LogP contribution in [0.4, 0.5) is 4.39 Å². The molecule has 3 amide bonds. The second-order valence-electron chi connectivity index (χ2n) is 6.94. The lowest BCUT2D eigenvalue weighted by molar-refractivity contribution is -0.138. The minimum atomic E-state index is -0.487. The zero-order chi connectivity index (χ0) is 19.8. The van der Waals surface area contributed by atoms with Gasteiger partial charge in [-0.15, -0.1) is 0 Å². The summed E-state index contributed by atoms with van der Waals surface area (Å²) in [7, 11) is 0. The third-order valence-electron chi connectivity index (χ3n) is 4.20. The number of nitrogens with zero attached hydrogens (tertiary/aromatic N) is 1. The van der Waals surface area contributed by atoms with Gasteiger partial charge in [-0.25, -0.2) is 4.39 Å². The van der Waals surface area contributed by atoms with Crippen molar-refractivity contribution < 1.29 is 18.8 Å². The molecule has 1 atom stereocenters. The summed E-state index contributed by atoms with van der Waals surface area (Å²) in [5, 5.41) is 5.09. The van der Waals surface area contributed by atoms with E-state index in [1.807, 2.05) is 0 Å². The number of carbonyl (C=O) groups excluding carboxylic acids is 3. The first-order chi connectivity index (χ1) is 12.5. The highest BCUT2D eigenvalue weighted by atomic mass is 19.1. The summed E-state index contributed by atoms with van der Waals surface area (Å²) >= 11 is 0. The minimum absolute atomic E-state index is 0.0353. The van der Waals surface area contributed by atoms with Crippen molar-refractivity contribution in [2.75, 3.05) is 26.3 Å². The van der Waals surface area contributed by atoms with Gasteiger partial charge in [0.2, 0.25) is 18.2 Å². The molecule has 0 bridgehead atoms. The fraction of sp³-hybridized carbons (Fsp3) is 0.842. The average Bonchev–Trinajstić information content (AvgIpc) is 3.10. The minimum Gasteiger partial charge on any atom is -0.356 e. The Labute approximate surface area is 157 Å². The van der Waals surface area contributed by atoms with E-state index in [4.69, 9.17) is 0 Å². The Hall–Kier alpha value is -1.66. The van der Waals surface area contributed by atoms with Crippen LogP contribution in [0.25, 0.3) is 0 Å². The van der Waals surface area contributed by atoms with E-state index in [2.05, 4.69) is 31.4 Å². The van der Waals surface area contributed by atoms with E-state index in [1.165, 1.54) is 0 Å². The van der Waals surface area contributed by atoms with Crippen molar-refractivity contribution in [2.45, 2.75) is 71.8 Å². The number of alkyl halides is 1. The molecule has 0 aromatic heterocycles. The number of rotatable bonds is 11. The first-order valence-corrected chi connectivity index (χ1v) is 9.78. The van der Waals surface area contributed by atoms with Crippen molar-refractivity contribution in [3.8, 4) is 0 Å². The van der Waals surface area contributed by atoms with Gasteiger partial charge in [0.15, 0.2) is 0 Å². The molecule has 1 fully saturated rings. The van der Waals surface area contributed by atoms with E-state index >= 15 is 0 Å². The van der Waals surface area contributed by atoms with Crippen molar-refractivity contribution >= 4 is 18.2 Å². The van der Waals surface area contributed by atoms with E-state index in [1.54, 1.807) is 4.90 Å². The van der Waals surface area contributed by atoms with Crippen LogP contribution in [-0.4, -0.2) is 55.5 Å². The molecule has 1 heterocycles. The highest BCUT2D eigenvalue weighted by molar-refractivity contribution is 5.88. The molecule has 1 rings (SSSR count). The summed E-state index contributed by atoms with van der Waals surface area (Å²) in [5.74, 6) is 0.821. The monoisotopic (exact) mass is 373 g/mol. The van der Waals surface area contributed by atoms with E-state index in [0.29, 0.717) is 18.7 Å². The summed E-state index contributed by atoms with van der Waals surface area (Å²) in [6.07, 6.45) is 6.89. The topological polar surface area (TPSA) is 78.5 Å². The second-order valence-corrected chi connectivity index (χ2v) is 6.94. The van der Waals surface area contributed by atoms with Crippen LogP contribution in [-0.2, 0) is 14.4 Å². The molecular weight excluding hydrogens is 337 g/mol. The van der Waals surface area contributed by atoms with Gasteiger partial charge in [0.25, 0.3) is 0 Å². The highest BCUT2D eigenvalue weighted by Gasteiger charge is 2.33. The smallest absolute Gasteiger partial charge is 0.242 e. The molecule has 1 aliphatic heterocycles. The zero-order valence-electron chi connectivity index (χ0n) is 16.6. The van der Waals surface area contributed by atoms with Crippen molar-refractivity contribution in [3.05, 3.63) is 0 Å². The number of carbonyl (C=O) groups is 3. The molecule has 0 aromatic rings. The maximum atomic E-state index is 12.2. The largest absolute Gasteiger partial charge is 0.356 e. The third kappa shape index (κ3) is 11.1. The van der Waals surface area contributed by atoms with Crippen LogP contribution in [0.15, 0.2) is 0 Å². The quantitative estimate of drug-likeness (QED) is 0.431. The Bertz CT molecular complexity index is 405. The number of unbranched alkanes of at least 4 members (excludes halogenated alkanes) is 1. The van der Waals surface area contributed by atoms with Crippen LogP contribution in [0.3, 0.4) is 0 Å². The molecule has 0 radical (unpaired) electrons. The first-order valence-electron chi connectivity index (χ1n) is 9.78. The van der Waals surface area contributed by atoms with Crippen LogP contribution in [0.1, 0.15) is 65.7 Å². The van der Waals surface area contributed by atoms with Gasteiger partial charge in [-0.3, -0.25) is 14.4 Å². The summed E-state index contributed by atoms with van der Waals surface area (Å²) < 4.78 is 11.0. The highest BCUT2D eigenvalue weighted by Crippen LogP contribution is 2.19. The maximum absolute atomic E-state index is 12.2. The molecule has 1 aliphatic rings. The summed E-state index contributed by atoms with van der Waals surface area (Å²) in [4.78, 5) is 35.4. The van der Waals surface area contributed by atoms with Crippen LogP contribution in [0.5, 0.6) is 0 Å². The van der Waals surface area contributed by atoms with Gasteiger partial charge in [-0.1, -0.05) is 33.6 Å². The third-order valence-corrected chi connectivity index (χ3v) is 4.20. The predicted molar refractivity (Wildman–Crippen MR) is 101 cm³/mol. The van der Waals surface area contributed by atoms with Gasteiger partial charge in [0, 0.05) is 26.1 Å². The van der Waals surface area contributed by atoms with Crippen molar-refractivity contribution in [1.29, 1.82) is 0 Å². The molecule has 0 aliphatic carbocycles.